The molecule has 1 saturated heterocycles. The summed E-state index contributed by atoms with van der Waals surface area (Å²) in [6.07, 6.45) is 6.66. The van der Waals surface area contributed by atoms with E-state index >= 15 is 0 Å². The summed E-state index contributed by atoms with van der Waals surface area (Å²) in [6.45, 7) is 2.27. The van der Waals surface area contributed by atoms with Crippen molar-refractivity contribution in [2.75, 3.05) is 26.2 Å². The fraction of sp³-hybridized carbons (Fsp3) is 0.160. The van der Waals surface area contributed by atoms with Gasteiger partial charge in [0.05, 0.1) is 4.90 Å². The van der Waals surface area contributed by atoms with E-state index in [9.17, 15) is 13.2 Å². The fourth-order valence-electron chi connectivity index (χ4n) is 3.90. The first-order valence-corrected chi connectivity index (χ1v) is 12.4. The van der Waals surface area contributed by atoms with Gasteiger partial charge in [-0.15, -0.1) is 0 Å². The zero-order valence-electron chi connectivity index (χ0n) is 18.3. The highest BCUT2D eigenvalue weighted by Gasteiger charge is 2.25. The van der Waals surface area contributed by atoms with Crippen LogP contribution in [0, 0.1) is 0 Å². The number of hydrogen-bond donors (Lipinski definition) is 1. The van der Waals surface area contributed by atoms with Crippen molar-refractivity contribution in [3.63, 3.8) is 0 Å². The second kappa shape index (κ2) is 9.30. The lowest BCUT2D eigenvalue weighted by molar-refractivity contribution is 0.103. The van der Waals surface area contributed by atoms with Crippen molar-refractivity contribution in [3.8, 4) is 16.9 Å². The minimum Gasteiger partial charge on any atom is -0.314 e. The monoisotopic (exact) mass is 473 g/mol. The molecule has 1 aliphatic heterocycles. The Morgan fingerprint density at radius 1 is 0.853 bits per heavy atom. The van der Waals surface area contributed by atoms with Gasteiger partial charge in [0, 0.05) is 55.9 Å². The van der Waals surface area contributed by atoms with Crippen LogP contribution >= 0.6 is 0 Å². The minimum absolute atomic E-state index is 0.117. The third-order valence-corrected chi connectivity index (χ3v) is 7.74. The molecule has 0 aliphatic carbocycles. The molecule has 0 atom stereocenters. The van der Waals surface area contributed by atoms with E-state index in [0.29, 0.717) is 43.1 Å². The molecule has 0 radical (unpaired) electrons. The molecular formula is C25H23N5O3S. The molecule has 1 aliphatic rings. The first-order valence-electron chi connectivity index (χ1n) is 10.9. The Morgan fingerprint density at radius 3 is 2.09 bits per heavy atom. The van der Waals surface area contributed by atoms with E-state index in [0.717, 1.165) is 11.1 Å². The Hall–Kier alpha value is -3.66. The smallest absolute Gasteiger partial charge is 0.243 e. The van der Waals surface area contributed by atoms with E-state index in [-0.39, 0.29) is 10.7 Å². The lowest BCUT2D eigenvalue weighted by Gasteiger charge is -2.26. The average Bonchev–Trinajstić information content (AvgIpc) is 3.44. The third kappa shape index (κ3) is 4.41. The lowest BCUT2D eigenvalue weighted by Crippen LogP contribution is -2.46. The van der Waals surface area contributed by atoms with E-state index in [1.807, 2.05) is 12.1 Å². The highest BCUT2D eigenvalue weighted by Crippen LogP contribution is 2.24. The van der Waals surface area contributed by atoms with Crippen LogP contribution in [0.25, 0.3) is 16.9 Å². The number of carbonyl (C=O) groups excluding carboxylic acids is 1. The number of pyridine rings is 1. The number of hydrogen-bond acceptors (Lipinski definition) is 6. The average molecular weight is 474 g/mol. The number of nitrogens with one attached hydrogen (secondary N) is 1. The maximum absolute atomic E-state index is 12.9. The number of ketones is 1. The van der Waals surface area contributed by atoms with E-state index in [2.05, 4.69) is 15.3 Å². The van der Waals surface area contributed by atoms with Crippen LogP contribution in [0.3, 0.4) is 0 Å². The van der Waals surface area contributed by atoms with Crippen molar-refractivity contribution in [1.82, 2.24) is 24.2 Å². The van der Waals surface area contributed by atoms with Crippen LogP contribution in [0.5, 0.6) is 0 Å². The van der Waals surface area contributed by atoms with E-state index in [1.54, 1.807) is 78.0 Å². The van der Waals surface area contributed by atoms with Gasteiger partial charge in [-0.2, -0.15) is 4.31 Å². The quantitative estimate of drug-likeness (QED) is 0.433. The molecule has 2 aromatic heterocycles. The molecule has 5 rings (SSSR count). The summed E-state index contributed by atoms with van der Waals surface area (Å²) in [5.74, 6) is 0.570. The van der Waals surface area contributed by atoms with Gasteiger partial charge >= 0.3 is 0 Å². The van der Waals surface area contributed by atoms with Crippen LogP contribution in [0.15, 0.2) is 90.5 Å². The molecule has 0 spiro atoms. The van der Waals surface area contributed by atoms with Crippen molar-refractivity contribution >= 4 is 15.8 Å². The van der Waals surface area contributed by atoms with Crippen molar-refractivity contribution in [2.45, 2.75) is 4.90 Å². The number of aromatic nitrogens is 3. The number of piperazine rings is 1. The summed E-state index contributed by atoms with van der Waals surface area (Å²) in [6, 6.07) is 17.7. The molecule has 8 nitrogen and oxygen atoms in total. The maximum Gasteiger partial charge on any atom is 0.243 e. The van der Waals surface area contributed by atoms with Crippen molar-refractivity contribution in [2.24, 2.45) is 0 Å². The molecule has 0 saturated carbocycles. The van der Waals surface area contributed by atoms with Crippen LogP contribution in [0.4, 0.5) is 0 Å². The highest BCUT2D eigenvalue weighted by molar-refractivity contribution is 7.89. The van der Waals surface area contributed by atoms with Gasteiger partial charge in [0.25, 0.3) is 0 Å². The summed E-state index contributed by atoms with van der Waals surface area (Å²) < 4.78 is 28.9. The SMILES string of the molecule is O=C(c1ccc(-c2ccc(S(=O)(=O)N3CCNCC3)cc2)cc1)c1ccc(-n2ccnc2)nc1. The molecule has 1 fully saturated rings. The molecule has 172 valence electrons. The predicted octanol–water partition coefficient (Wildman–Crippen LogP) is 2.76. The number of imidazole rings is 1. The van der Waals surface area contributed by atoms with Crippen LogP contribution in [-0.2, 0) is 10.0 Å². The van der Waals surface area contributed by atoms with Gasteiger partial charge in [-0.1, -0.05) is 36.4 Å². The molecule has 34 heavy (non-hydrogen) atoms. The zero-order valence-corrected chi connectivity index (χ0v) is 19.1. The predicted molar refractivity (Wildman–Crippen MR) is 128 cm³/mol. The minimum atomic E-state index is -3.49. The standard InChI is InChI=1S/C25H23N5O3S/c31-25(22-7-10-24(28-17-22)29-14-11-27-18-29)21-3-1-19(2-4-21)20-5-8-23(9-6-20)34(32,33)30-15-12-26-13-16-30/h1-11,14,17-18,26H,12-13,15-16H2. The Kier molecular flexibility index (Phi) is 6.06. The molecule has 2 aromatic carbocycles. The summed E-state index contributed by atoms with van der Waals surface area (Å²) in [7, 11) is -3.49. The van der Waals surface area contributed by atoms with E-state index in [1.165, 1.54) is 4.31 Å². The van der Waals surface area contributed by atoms with Gasteiger partial charge in [-0.25, -0.2) is 18.4 Å². The molecule has 9 heteroatoms. The van der Waals surface area contributed by atoms with Crippen LogP contribution in [0.1, 0.15) is 15.9 Å². The number of sulfonamides is 1. The number of benzene rings is 2. The summed E-state index contributed by atoms with van der Waals surface area (Å²) in [5, 5.41) is 3.16. The maximum atomic E-state index is 12.9. The van der Waals surface area contributed by atoms with Crippen LogP contribution in [0.2, 0.25) is 0 Å². The number of nitrogens with zero attached hydrogens (tertiary/aromatic N) is 4. The Bertz CT molecular complexity index is 1380. The van der Waals surface area contributed by atoms with Crippen molar-refractivity contribution in [3.05, 3.63) is 96.7 Å². The van der Waals surface area contributed by atoms with E-state index in [4.69, 9.17) is 0 Å². The first-order chi connectivity index (χ1) is 16.5. The largest absolute Gasteiger partial charge is 0.314 e. The van der Waals surface area contributed by atoms with Crippen LogP contribution in [-0.4, -0.2) is 59.2 Å². The second-order valence-electron chi connectivity index (χ2n) is 7.96. The normalized spacial score (nSPS) is 14.7. The molecule has 0 unspecified atom stereocenters. The Morgan fingerprint density at radius 2 is 1.50 bits per heavy atom. The highest BCUT2D eigenvalue weighted by atomic mass is 32.2. The van der Waals surface area contributed by atoms with Gasteiger partial charge in [-0.05, 0) is 35.4 Å². The van der Waals surface area contributed by atoms with Crippen LogP contribution < -0.4 is 5.32 Å². The van der Waals surface area contributed by atoms with Gasteiger partial charge in [0.2, 0.25) is 10.0 Å². The van der Waals surface area contributed by atoms with Crippen molar-refractivity contribution in [1.29, 1.82) is 0 Å². The summed E-state index contributed by atoms with van der Waals surface area (Å²) in [4.78, 5) is 21.5. The first kappa shape index (κ1) is 22.1. The van der Waals surface area contributed by atoms with Gasteiger partial charge in [0.15, 0.2) is 5.78 Å². The number of carbonyl (C=O) groups is 1. The summed E-state index contributed by atoms with van der Waals surface area (Å²) in [5.41, 5.74) is 2.83. The molecule has 1 N–H and O–H groups in total. The summed E-state index contributed by atoms with van der Waals surface area (Å²) >= 11 is 0. The van der Waals surface area contributed by atoms with E-state index < -0.39 is 10.0 Å². The molecule has 4 aromatic rings. The zero-order chi connectivity index (χ0) is 23.5. The number of rotatable bonds is 6. The second-order valence-corrected chi connectivity index (χ2v) is 9.90. The van der Waals surface area contributed by atoms with Crippen molar-refractivity contribution < 1.29 is 13.2 Å². The van der Waals surface area contributed by atoms with Gasteiger partial charge in [-0.3, -0.25) is 9.36 Å². The van der Waals surface area contributed by atoms with Gasteiger partial charge in [0.1, 0.15) is 12.1 Å². The topological polar surface area (TPSA) is 97.2 Å². The molecule has 0 amide bonds. The Balaban J connectivity index is 1.30. The van der Waals surface area contributed by atoms with Gasteiger partial charge < -0.3 is 5.32 Å². The lowest BCUT2D eigenvalue weighted by atomic mass is 10.0. The third-order valence-electron chi connectivity index (χ3n) is 5.83. The molecule has 0 bridgehead atoms. The Labute approximate surface area is 198 Å². The molecule has 3 heterocycles. The fourth-order valence-corrected chi connectivity index (χ4v) is 5.34. The molecular weight excluding hydrogens is 450 g/mol.